The third-order valence-corrected chi connectivity index (χ3v) is 3.57. The Morgan fingerprint density at radius 3 is 3.11 bits per heavy atom. The van der Waals surface area contributed by atoms with Crippen molar-refractivity contribution < 1.29 is 4.79 Å². The average molecular weight is 243 g/mol. The lowest BCUT2D eigenvalue weighted by atomic mass is 10.0. The number of rotatable bonds is 2. The van der Waals surface area contributed by atoms with Gasteiger partial charge in [0.05, 0.1) is 11.0 Å². The average Bonchev–Trinajstić information content (AvgIpc) is 2.66. The highest BCUT2D eigenvalue weighted by atomic mass is 16.1. The molecule has 18 heavy (non-hydrogen) atoms. The molecule has 94 valence electrons. The van der Waals surface area contributed by atoms with E-state index in [-0.39, 0.29) is 11.9 Å². The predicted molar refractivity (Wildman–Crippen MR) is 70.3 cm³/mol. The smallest absolute Gasteiger partial charge is 0.220 e. The van der Waals surface area contributed by atoms with Crippen molar-refractivity contribution in [2.75, 3.05) is 0 Å². The summed E-state index contributed by atoms with van der Waals surface area (Å²) in [5.41, 5.74) is 2.17. The van der Waals surface area contributed by atoms with E-state index in [1.54, 1.807) is 0 Å². The number of carbonyl (C=O) groups excluding carboxylic acids is 1. The number of nitrogens with one attached hydrogen (secondary N) is 1. The molecule has 1 aromatic carbocycles. The summed E-state index contributed by atoms with van der Waals surface area (Å²) in [4.78, 5) is 16.0. The molecule has 1 saturated heterocycles. The molecule has 0 aliphatic carbocycles. The van der Waals surface area contributed by atoms with Crippen molar-refractivity contribution in [2.45, 2.75) is 38.8 Å². The van der Waals surface area contributed by atoms with E-state index in [1.165, 1.54) is 0 Å². The largest absolute Gasteiger partial charge is 0.352 e. The maximum absolute atomic E-state index is 11.4. The number of imidazole rings is 1. The number of amides is 1. The van der Waals surface area contributed by atoms with Gasteiger partial charge in [0.15, 0.2) is 0 Å². The van der Waals surface area contributed by atoms with Gasteiger partial charge in [0.25, 0.3) is 0 Å². The van der Waals surface area contributed by atoms with Crippen LogP contribution in [-0.2, 0) is 11.3 Å². The first kappa shape index (κ1) is 11.3. The fraction of sp³-hybridized carbons (Fsp3) is 0.429. The van der Waals surface area contributed by atoms with E-state index >= 15 is 0 Å². The second kappa shape index (κ2) is 4.44. The Hall–Kier alpha value is -1.84. The highest BCUT2D eigenvalue weighted by Gasteiger charge is 2.19. The predicted octanol–water partition coefficient (Wildman–Crippen LogP) is 2.01. The molecule has 2 aromatic rings. The quantitative estimate of drug-likeness (QED) is 0.877. The lowest BCUT2D eigenvalue weighted by Crippen LogP contribution is -2.41. The van der Waals surface area contributed by atoms with Crippen molar-refractivity contribution in [3.63, 3.8) is 0 Å². The number of nitrogens with zero attached hydrogens (tertiary/aromatic N) is 2. The summed E-state index contributed by atoms with van der Waals surface area (Å²) in [5, 5.41) is 3.06. The molecule has 2 heterocycles. The molecule has 1 aliphatic rings. The van der Waals surface area contributed by atoms with Gasteiger partial charge in [-0.25, -0.2) is 4.98 Å². The van der Waals surface area contributed by atoms with Crippen molar-refractivity contribution in [3.05, 3.63) is 30.1 Å². The molecule has 0 spiro atoms. The molecule has 1 N–H and O–H groups in total. The zero-order chi connectivity index (χ0) is 12.5. The van der Waals surface area contributed by atoms with Gasteiger partial charge in [0.1, 0.15) is 5.82 Å². The first-order valence-electron chi connectivity index (χ1n) is 6.45. The van der Waals surface area contributed by atoms with Crippen LogP contribution in [0.15, 0.2) is 24.3 Å². The zero-order valence-corrected chi connectivity index (χ0v) is 10.5. The summed E-state index contributed by atoms with van der Waals surface area (Å²) in [5.74, 6) is 1.18. The Bertz CT molecular complexity index is 588. The Morgan fingerprint density at radius 1 is 1.44 bits per heavy atom. The molecule has 1 aromatic heterocycles. The number of carbonyl (C=O) groups is 1. The number of aromatic nitrogens is 2. The Balaban J connectivity index is 1.90. The van der Waals surface area contributed by atoms with Gasteiger partial charge in [-0.1, -0.05) is 12.1 Å². The third-order valence-electron chi connectivity index (χ3n) is 3.57. The maximum atomic E-state index is 11.4. The van der Waals surface area contributed by atoms with Crippen molar-refractivity contribution >= 4 is 16.9 Å². The topological polar surface area (TPSA) is 46.9 Å². The summed E-state index contributed by atoms with van der Waals surface area (Å²) >= 11 is 0. The van der Waals surface area contributed by atoms with Crippen LogP contribution in [0.2, 0.25) is 0 Å². The number of aryl methyl sites for hydroxylation is 1. The van der Waals surface area contributed by atoms with Crippen molar-refractivity contribution in [3.8, 4) is 0 Å². The highest BCUT2D eigenvalue weighted by molar-refractivity contribution is 5.77. The van der Waals surface area contributed by atoms with Crippen LogP contribution in [-0.4, -0.2) is 21.5 Å². The van der Waals surface area contributed by atoms with Gasteiger partial charge in [-0.3, -0.25) is 4.79 Å². The van der Waals surface area contributed by atoms with Crippen LogP contribution in [0.1, 0.15) is 25.1 Å². The molecule has 0 radical (unpaired) electrons. The number of hydrogen-bond acceptors (Lipinski definition) is 2. The van der Waals surface area contributed by atoms with Gasteiger partial charge in [-0.05, 0) is 31.9 Å². The standard InChI is InChI=1S/C14H17N3O/c1-10-15-12-6-2-3-7-13(12)17(10)9-11-5-4-8-14(18)16-11/h2-3,6-7,11H,4-5,8-9H2,1H3,(H,16,18). The fourth-order valence-corrected chi connectivity index (χ4v) is 2.66. The normalized spacial score (nSPS) is 20.1. The van der Waals surface area contributed by atoms with Gasteiger partial charge in [0.2, 0.25) is 5.91 Å². The van der Waals surface area contributed by atoms with Gasteiger partial charge in [-0.15, -0.1) is 0 Å². The van der Waals surface area contributed by atoms with E-state index in [4.69, 9.17) is 0 Å². The Kier molecular flexibility index (Phi) is 2.78. The van der Waals surface area contributed by atoms with Crippen LogP contribution in [0.5, 0.6) is 0 Å². The summed E-state index contributed by atoms with van der Waals surface area (Å²) in [6.45, 7) is 2.84. The molecular weight excluding hydrogens is 226 g/mol. The SMILES string of the molecule is Cc1nc2ccccc2n1CC1CCCC(=O)N1. The minimum atomic E-state index is 0.174. The van der Waals surface area contributed by atoms with Crippen molar-refractivity contribution in [1.29, 1.82) is 0 Å². The van der Waals surface area contributed by atoms with Crippen LogP contribution in [0.4, 0.5) is 0 Å². The second-order valence-electron chi connectivity index (χ2n) is 4.92. The monoisotopic (exact) mass is 243 g/mol. The van der Waals surface area contributed by atoms with E-state index in [0.717, 1.165) is 36.2 Å². The van der Waals surface area contributed by atoms with E-state index in [1.807, 2.05) is 25.1 Å². The summed E-state index contributed by atoms with van der Waals surface area (Å²) in [7, 11) is 0. The minimum Gasteiger partial charge on any atom is -0.352 e. The molecule has 3 rings (SSSR count). The first-order valence-corrected chi connectivity index (χ1v) is 6.45. The van der Waals surface area contributed by atoms with Crippen molar-refractivity contribution in [1.82, 2.24) is 14.9 Å². The van der Waals surface area contributed by atoms with Gasteiger partial charge < -0.3 is 9.88 Å². The number of benzene rings is 1. The molecule has 1 fully saturated rings. The van der Waals surface area contributed by atoms with Crippen LogP contribution in [0.25, 0.3) is 11.0 Å². The zero-order valence-electron chi connectivity index (χ0n) is 10.5. The van der Waals surface area contributed by atoms with E-state index < -0.39 is 0 Å². The van der Waals surface area contributed by atoms with Crippen LogP contribution in [0, 0.1) is 6.92 Å². The molecular formula is C14H17N3O. The van der Waals surface area contributed by atoms with Crippen molar-refractivity contribution in [2.24, 2.45) is 0 Å². The molecule has 4 nitrogen and oxygen atoms in total. The molecule has 1 atom stereocenters. The fourth-order valence-electron chi connectivity index (χ4n) is 2.66. The highest BCUT2D eigenvalue weighted by Crippen LogP contribution is 2.18. The van der Waals surface area contributed by atoms with Crippen LogP contribution in [0.3, 0.4) is 0 Å². The van der Waals surface area contributed by atoms with Gasteiger partial charge in [0, 0.05) is 19.0 Å². The number of para-hydroxylation sites is 2. The third kappa shape index (κ3) is 1.98. The number of piperidine rings is 1. The van der Waals surface area contributed by atoms with Crippen LogP contribution < -0.4 is 5.32 Å². The lowest BCUT2D eigenvalue weighted by molar-refractivity contribution is -0.123. The summed E-state index contributed by atoms with van der Waals surface area (Å²) in [6.07, 6.45) is 2.71. The minimum absolute atomic E-state index is 0.174. The second-order valence-corrected chi connectivity index (χ2v) is 4.92. The lowest BCUT2D eigenvalue weighted by Gasteiger charge is -2.24. The molecule has 0 saturated carbocycles. The van der Waals surface area contributed by atoms with E-state index in [9.17, 15) is 4.79 Å². The van der Waals surface area contributed by atoms with Gasteiger partial charge in [-0.2, -0.15) is 0 Å². The Labute approximate surface area is 106 Å². The van der Waals surface area contributed by atoms with E-state index in [0.29, 0.717) is 6.42 Å². The molecule has 1 unspecified atom stereocenters. The van der Waals surface area contributed by atoms with E-state index in [2.05, 4.69) is 20.9 Å². The maximum Gasteiger partial charge on any atom is 0.220 e. The summed E-state index contributed by atoms with van der Waals surface area (Å²) in [6, 6.07) is 8.38. The summed E-state index contributed by atoms with van der Waals surface area (Å²) < 4.78 is 2.20. The molecule has 1 amide bonds. The number of hydrogen-bond donors (Lipinski definition) is 1. The molecule has 0 bridgehead atoms. The number of fused-ring (bicyclic) bond motifs is 1. The first-order chi connectivity index (χ1) is 8.74. The Morgan fingerprint density at radius 2 is 2.28 bits per heavy atom. The molecule has 1 aliphatic heterocycles. The van der Waals surface area contributed by atoms with Gasteiger partial charge >= 0.3 is 0 Å². The molecule has 4 heteroatoms. The van der Waals surface area contributed by atoms with Crippen LogP contribution >= 0.6 is 0 Å².